The first kappa shape index (κ1) is 21.5. The van der Waals surface area contributed by atoms with Crippen molar-refractivity contribution in [2.45, 2.75) is 6.92 Å². The summed E-state index contributed by atoms with van der Waals surface area (Å²) in [5, 5.41) is 18.7. The van der Waals surface area contributed by atoms with E-state index >= 15 is 0 Å². The minimum atomic E-state index is -1.05. The second-order valence-electron chi connectivity index (χ2n) is 7.03. The zero-order chi connectivity index (χ0) is 23.2. The minimum absolute atomic E-state index is 0.0246. The van der Waals surface area contributed by atoms with Crippen LogP contribution in [0, 0.1) is 6.92 Å². The number of amides is 2. The molecule has 10 heteroatoms. The highest BCUT2D eigenvalue weighted by Crippen LogP contribution is 2.31. The number of anilines is 3. The number of rotatable bonds is 7. The van der Waals surface area contributed by atoms with Gasteiger partial charge in [0, 0.05) is 17.1 Å². The summed E-state index contributed by atoms with van der Waals surface area (Å²) in [7, 11) is 0. The van der Waals surface area contributed by atoms with E-state index in [4.69, 9.17) is 9.84 Å². The van der Waals surface area contributed by atoms with Crippen LogP contribution in [-0.4, -0.2) is 38.6 Å². The number of carboxylic acid groups (broad SMARTS) is 1. The molecule has 33 heavy (non-hydrogen) atoms. The van der Waals surface area contributed by atoms with Gasteiger partial charge >= 0.3 is 18.0 Å². The highest BCUT2D eigenvalue weighted by molar-refractivity contribution is 6.07. The van der Waals surface area contributed by atoms with Gasteiger partial charge in [-0.15, -0.1) is 0 Å². The molecule has 0 aliphatic rings. The molecule has 3 aromatic carbocycles. The zero-order valence-corrected chi connectivity index (χ0v) is 17.6. The number of aliphatic carboxylic acids is 1. The Balaban J connectivity index is 1.58. The quantitative estimate of drug-likeness (QED) is 0.332. The molecule has 0 spiro atoms. The van der Waals surface area contributed by atoms with E-state index in [9.17, 15) is 9.59 Å². The fourth-order valence-corrected chi connectivity index (χ4v) is 3.11. The van der Waals surface area contributed by atoms with E-state index in [1.54, 1.807) is 12.1 Å². The van der Waals surface area contributed by atoms with Gasteiger partial charge in [-0.25, -0.2) is 9.78 Å². The Bertz CT molecular complexity index is 1330. The number of nitrogens with zero attached hydrogens (tertiary/aromatic N) is 3. The molecule has 166 valence electrons. The van der Waals surface area contributed by atoms with Crippen LogP contribution in [0.5, 0.6) is 11.8 Å². The van der Waals surface area contributed by atoms with Gasteiger partial charge in [0.15, 0.2) is 0 Å². The highest BCUT2D eigenvalue weighted by Gasteiger charge is 2.12. The zero-order valence-electron chi connectivity index (χ0n) is 17.6. The molecule has 0 atom stereocenters. The molecule has 0 bridgehead atoms. The van der Waals surface area contributed by atoms with Crippen LogP contribution in [0.15, 0.2) is 67.0 Å². The fourth-order valence-electron chi connectivity index (χ4n) is 3.11. The van der Waals surface area contributed by atoms with E-state index in [1.165, 1.54) is 6.33 Å². The number of hydrogen-bond donors (Lipinski definition) is 4. The highest BCUT2D eigenvalue weighted by atomic mass is 16.5. The van der Waals surface area contributed by atoms with Gasteiger partial charge < -0.3 is 25.8 Å². The molecule has 10 nitrogen and oxygen atoms in total. The van der Waals surface area contributed by atoms with Gasteiger partial charge in [-0.3, -0.25) is 4.79 Å². The van der Waals surface area contributed by atoms with Crippen LogP contribution in [0.4, 0.5) is 22.1 Å². The van der Waals surface area contributed by atoms with Crippen LogP contribution in [0.1, 0.15) is 5.56 Å². The van der Waals surface area contributed by atoms with Crippen LogP contribution in [-0.2, 0) is 4.79 Å². The lowest BCUT2D eigenvalue weighted by atomic mass is 10.1. The summed E-state index contributed by atoms with van der Waals surface area (Å²) in [6.07, 6.45) is 1.21. The van der Waals surface area contributed by atoms with E-state index in [0.717, 1.165) is 16.3 Å². The summed E-state index contributed by atoms with van der Waals surface area (Å²) in [5.41, 5.74) is 2.18. The average Bonchev–Trinajstić information content (AvgIpc) is 2.79. The molecule has 0 aliphatic heterocycles. The number of carbonyl (C=O) groups excluding carboxylic acids is 1. The molecule has 4 aromatic rings. The van der Waals surface area contributed by atoms with Crippen molar-refractivity contribution in [3.8, 4) is 11.8 Å². The normalized spacial score (nSPS) is 10.5. The SMILES string of the molecule is Cc1ccccc1NC(=O)Nc1cc(Oc2ncnc(NCC(=O)O)n2)cc2ccccc12. The molecule has 1 aromatic heterocycles. The van der Waals surface area contributed by atoms with E-state index in [0.29, 0.717) is 17.1 Å². The molecular weight excluding hydrogens is 424 g/mol. The lowest BCUT2D eigenvalue weighted by Crippen LogP contribution is -2.20. The third-order valence-corrected chi connectivity index (χ3v) is 4.63. The fraction of sp³-hybridized carbons (Fsp3) is 0.0870. The number of urea groups is 1. The number of carbonyl (C=O) groups is 2. The van der Waals surface area contributed by atoms with Crippen LogP contribution < -0.4 is 20.7 Å². The van der Waals surface area contributed by atoms with Crippen molar-refractivity contribution in [3.63, 3.8) is 0 Å². The van der Waals surface area contributed by atoms with Crippen LogP contribution in [0.25, 0.3) is 10.8 Å². The summed E-state index contributed by atoms with van der Waals surface area (Å²) < 4.78 is 5.77. The van der Waals surface area contributed by atoms with Crippen molar-refractivity contribution in [1.29, 1.82) is 0 Å². The molecule has 4 rings (SSSR count). The van der Waals surface area contributed by atoms with Crippen molar-refractivity contribution >= 4 is 40.1 Å². The van der Waals surface area contributed by atoms with Crippen molar-refractivity contribution in [2.75, 3.05) is 22.5 Å². The Morgan fingerprint density at radius 3 is 2.55 bits per heavy atom. The molecule has 4 N–H and O–H groups in total. The summed E-state index contributed by atoms with van der Waals surface area (Å²) in [6, 6.07) is 18.0. The number of aromatic nitrogens is 3. The maximum Gasteiger partial charge on any atom is 0.326 e. The number of nitrogens with one attached hydrogen (secondary N) is 3. The lowest BCUT2D eigenvalue weighted by molar-refractivity contribution is -0.134. The van der Waals surface area contributed by atoms with Gasteiger partial charge in [0.25, 0.3) is 0 Å². The third-order valence-electron chi connectivity index (χ3n) is 4.63. The molecule has 0 radical (unpaired) electrons. The monoisotopic (exact) mass is 444 g/mol. The van der Waals surface area contributed by atoms with Crippen LogP contribution in [0.3, 0.4) is 0 Å². The molecule has 0 unspecified atom stereocenters. The first-order valence-electron chi connectivity index (χ1n) is 9.97. The van der Waals surface area contributed by atoms with E-state index in [2.05, 4.69) is 30.9 Å². The Labute approximate surface area is 188 Å². The van der Waals surface area contributed by atoms with Crippen molar-refractivity contribution in [2.24, 2.45) is 0 Å². The minimum Gasteiger partial charge on any atom is -0.480 e. The number of ether oxygens (including phenoxy) is 1. The summed E-state index contributed by atoms with van der Waals surface area (Å²) >= 11 is 0. The van der Waals surface area contributed by atoms with Crippen molar-refractivity contribution in [3.05, 3.63) is 72.6 Å². The van der Waals surface area contributed by atoms with Crippen LogP contribution >= 0.6 is 0 Å². The molecule has 1 heterocycles. The second-order valence-corrected chi connectivity index (χ2v) is 7.03. The van der Waals surface area contributed by atoms with Crippen molar-refractivity contribution in [1.82, 2.24) is 15.0 Å². The van der Waals surface area contributed by atoms with Gasteiger partial charge in [-0.2, -0.15) is 9.97 Å². The smallest absolute Gasteiger partial charge is 0.326 e. The van der Waals surface area contributed by atoms with Gasteiger partial charge in [0.1, 0.15) is 18.6 Å². The van der Waals surface area contributed by atoms with E-state index in [-0.39, 0.29) is 18.5 Å². The van der Waals surface area contributed by atoms with E-state index in [1.807, 2.05) is 55.5 Å². The van der Waals surface area contributed by atoms with Gasteiger partial charge in [0.05, 0.1) is 5.69 Å². The maximum absolute atomic E-state index is 12.7. The third kappa shape index (κ3) is 5.50. The standard InChI is InChI=1S/C23H20N6O4/c1-14-6-2-5-9-18(14)27-22(32)28-19-11-16(10-15-7-3-4-8-17(15)19)33-23-26-13-25-21(29-23)24-12-20(30)31/h2-11,13H,12H2,1H3,(H,30,31)(H2,27,28,32)(H,24,25,26,29). The molecule has 0 fully saturated rings. The van der Waals surface area contributed by atoms with E-state index < -0.39 is 12.0 Å². The summed E-state index contributed by atoms with van der Waals surface area (Å²) in [4.78, 5) is 35.3. The Hall–Kier alpha value is -4.73. The first-order chi connectivity index (χ1) is 16.0. The Morgan fingerprint density at radius 2 is 1.73 bits per heavy atom. The van der Waals surface area contributed by atoms with Gasteiger partial charge in [0.2, 0.25) is 5.95 Å². The average molecular weight is 444 g/mol. The summed E-state index contributed by atoms with van der Waals surface area (Å²) in [5.74, 6) is -0.596. The number of fused-ring (bicyclic) bond motifs is 1. The topological polar surface area (TPSA) is 138 Å². The second kappa shape index (κ2) is 9.60. The van der Waals surface area contributed by atoms with Gasteiger partial charge in [-0.05, 0) is 30.0 Å². The number of aryl methyl sites for hydroxylation is 1. The predicted octanol–water partition coefficient (Wildman–Crippen LogP) is 4.27. The Kier molecular flexibility index (Phi) is 6.26. The molecule has 0 saturated heterocycles. The van der Waals surface area contributed by atoms with Crippen molar-refractivity contribution < 1.29 is 19.4 Å². The largest absolute Gasteiger partial charge is 0.480 e. The predicted molar refractivity (Wildman–Crippen MR) is 124 cm³/mol. The molecule has 2 amide bonds. The summed E-state index contributed by atoms with van der Waals surface area (Å²) in [6.45, 7) is 1.57. The number of hydrogen-bond acceptors (Lipinski definition) is 7. The molecule has 0 aliphatic carbocycles. The molecular formula is C23H20N6O4. The number of benzene rings is 3. The maximum atomic E-state index is 12.7. The Morgan fingerprint density at radius 1 is 0.970 bits per heavy atom. The number of para-hydroxylation sites is 1. The van der Waals surface area contributed by atoms with Gasteiger partial charge in [-0.1, -0.05) is 42.5 Å². The lowest BCUT2D eigenvalue weighted by Gasteiger charge is -2.13. The number of carboxylic acids is 1. The molecule has 0 saturated carbocycles. The first-order valence-corrected chi connectivity index (χ1v) is 9.97. The van der Waals surface area contributed by atoms with Crippen LogP contribution in [0.2, 0.25) is 0 Å².